The van der Waals surface area contributed by atoms with Crippen molar-refractivity contribution < 1.29 is 18.7 Å². The highest BCUT2D eigenvalue weighted by Gasteiger charge is 2.36. The van der Waals surface area contributed by atoms with Gasteiger partial charge in [0.2, 0.25) is 5.91 Å². The summed E-state index contributed by atoms with van der Waals surface area (Å²) in [5.41, 5.74) is 3.53. The molecule has 4 rings (SSSR count). The Morgan fingerprint density at radius 3 is 2.63 bits per heavy atom. The number of hydrogen-bond donors (Lipinski definition) is 0. The normalized spacial score (nSPS) is 16.3. The molecule has 1 saturated heterocycles. The Kier molecular flexibility index (Phi) is 5.40. The predicted octanol–water partition coefficient (Wildman–Crippen LogP) is 3.76. The molecule has 154 valence electrons. The van der Waals surface area contributed by atoms with Gasteiger partial charge < -0.3 is 14.1 Å². The highest BCUT2D eigenvalue weighted by Crippen LogP contribution is 2.27. The Labute approximate surface area is 174 Å². The molecule has 1 atom stereocenters. The largest absolute Gasteiger partial charge is 0.461 e. The van der Waals surface area contributed by atoms with Crippen molar-refractivity contribution in [3.63, 3.8) is 0 Å². The SMILES string of the molecule is CCc1ccc2c(COC(=O)[C@H]3CC(=O)N(c4ccc(C)cc4)C3)cc(=O)oc2c1. The van der Waals surface area contributed by atoms with Gasteiger partial charge in [-0.05, 0) is 37.1 Å². The molecule has 3 aromatic rings. The lowest BCUT2D eigenvalue weighted by atomic mass is 10.1. The van der Waals surface area contributed by atoms with Crippen LogP contribution in [0.5, 0.6) is 0 Å². The molecule has 0 radical (unpaired) electrons. The van der Waals surface area contributed by atoms with E-state index in [1.807, 2.05) is 56.3 Å². The van der Waals surface area contributed by atoms with E-state index in [1.54, 1.807) is 4.90 Å². The van der Waals surface area contributed by atoms with Crippen LogP contribution in [-0.2, 0) is 27.4 Å². The van der Waals surface area contributed by atoms with Gasteiger partial charge in [-0.15, -0.1) is 0 Å². The van der Waals surface area contributed by atoms with Crippen LogP contribution < -0.4 is 10.5 Å². The molecule has 0 aliphatic carbocycles. The maximum absolute atomic E-state index is 12.6. The quantitative estimate of drug-likeness (QED) is 0.477. The number of esters is 1. The van der Waals surface area contributed by atoms with E-state index in [4.69, 9.17) is 9.15 Å². The molecule has 6 heteroatoms. The Hall–Kier alpha value is -3.41. The summed E-state index contributed by atoms with van der Waals surface area (Å²) in [7, 11) is 0. The van der Waals surface area contributed by atoms with E-state index in [2.05, 4.69) is 0 Å². The van der Waals surface area contributed by atoms with E-state index >= 15 is 0 Å². The molecule has 1 amide bonds. The Morgan fingerprint density at radius 1 is 1.13 bits per heavy atom. The molecule has 0 N–H and O–H groups in total. The van der Waals surface area contributed by atoms with E-state index in [-0.39, 0.29) is 25.5 Å². The maximum Gasteiger partial charge on any atom is 0.336 e. The zero-order valence-electron chi connectivity index (χ0n) is 17.0. The summed E-state index contributed by atoms with van der Waals surface area (Å²) in [6.45, 7) is 4.25. The predicted molar refractivity (Wildman–Crippen MR) is 113 cm³/mol. The van der Waals surface area contributed by atoms with Crippen molar-refractivity contribution in [2.24, 2.45) is 5.92 Å². The Bertz CT molecular complexity index is 1160. The second-order valence-electron chi connectivity index (χ2n) is 7.62. The standard InChI is InChI=1S/C24H23NO5/c1-3-16-6-9-20-18(12-23(27)30-21(20)10-16)14-29-24(28)17-11-22(26)25(13-17)19-7-4-15(2)5-8-19/h4-10,12,17H,3,11,13-14H2,1-2H3/t17-/m0/s1. The topological polar surface area (TPSA) is 76.8 Å². The van der Waals surface area contributed by atoms with Gasteiger partial charge in [0, 0.05) is 35.7 Å². The molecular weight excluding hydrogens is 382 g/mol. The molecule has 0 saturated carbocycles. The molecule has 0 bridgehead atoms. The maximum atomic E-state index is 12.6. The molecule has 2 aromatic carbocycles. The molecule has 1 aliphatic rings. The third-order valence-electron chi connectivity index (χ3n) is 5.48. The number of nitrogens with zero attached hydrogens (tertiary/aromatic N) is 1. The van der Waals surface area contributed by atoms with Crippen LogP contribution in [0.2, 0.25) is 0 Å². The highest BCUT2D eigenvalue weighted by atomic mass is 16.5. The average Bonchev–Trinajstić information content (AvgIpc) is 3.13. The smallest absolute Gasteiger partial charge is 0.336 e. The summed E-state index contributed by atoms with van der Waals surface area (Å²) in [4.78, 5) is 38.5. The van der Waals surface area contributed by atoms with Gasteiger partial charge in [-0.1, -0.05) is 36.8 Å². The van der Waals surface area contributed by atoms with Crippen molar-refractivity contribution in [1.82, 2.24) is 0 Å². The first-order valence-corrected chi connectivity index (χ1v) is 10.0. The lowest BCUT2D eigenvalue weighted by molar-refractivity contribution is -0.149. The van der Waals surface area contributed by atoms with Crippen LogP contribution in [-0.4, -0.2) is 18.4 Å². The van der Waals surface area contributed by atoms with Crippen molar-refractivity contribution in [2.75, 3.05) is 11.4 Å². The van der Waals surface area contributed by atoms with Crippen LogP contribution in [0.1, 0.15) is 30.0 Å². The third kappa shape index (κ3) is 3.99. The van der Waals surface area contributed by atoms with Crippen molar-refractivity contribution in [1.29, 1.82) is 0 Å². The second-order valence-corrected chi connectivity index (χ2v) is 7.62. The molecule has 1 aromatic heterocycles. The number of benzene rings is 2. The van der Waals surface area contributed by atoms with Gasteiger partial charge in [0.15, 0.2) is 0 Å². The zero-order valence-corrected chi connectivity index (χ0v) is 17.0. The number of fused-ring (bicyclic) bond motifs is 1. The van der Waals surface area contributed by atoms with Gasteiger partial charge in [0.05, 0.1) is 5.92 Å². The number of carbonyl (C=O) groups excluding carboxylic acids is 2. The minimum atomic E-state index is -0.531. The molecular formula is C24H23NO5. The van der Waals surface area contributed by atoms with Gasteiger partial charge in [-0.3, -0.25) is 9.59 Å². The zero-order chi connectivity index (χ0) is 21.3. The Morgan fingerprint density at radius 2 is 1.90 bits per heavy atom. The van der Waals surface area contributed by atoms with Crippen molar-refractivity contribution in [3.05, 3.63) is 75.6 Å². The van der Waals surface area contributed by atoms with Crippen LogP contribution in [0.25, 0.3) is 11.0 Å². The molecule has 0 spiro atoms. The second kappa shape index (κ2) is 8.14. The fourth-order valence-electron chi connectivity index (χ4n) is 3.72. The summed E-state index contributed by atoms with van der Waals surface area (Å²) in [6, 6.07) is 14.6. The van der Waals surface area contributed by atoms with E-state index in [9.17, 15) is 14.4 Å². The number of carbonyl (C=O) groups is 2. The number of rotatable bonds is 5. The highest BCUT2D eigenvalue weighted by molar-refractivity contribution is 5.99. The van der Waals surface area contributed by atoms with Gasteiger partial charge in [-0.2, -0.15) is 0 Å². The van der Waals surface area contributed by atoms with Crippen molar-refractivity contribution in [3.8, 4) is 0 Å². The first-order chi connectivity index (χ1) is 14.4. The Balaban J connectivity index is 1.47. The fourth-order valence-corrected chi connectivity index (χ4v) is 3.72. The summed E-state index contributed by atoms with van der Waals surface area (Å²) >= 11 is 0. The fraction of sp³-hybridized carbons (Fsp3) is 0.292. The van der Waals surface area contributed by atoms with Crippen LogP contribution >= 0.6 is 0 Å². The van der Waals surface area contributed by atoms with Crippen LogP contribution in [0.4, 0.5) is 5.69 Å². The average molecular weight is 405 g/mol. The van der Waals surface area contributed by atoms with E-state index < -0.39 is 17.5 Å². The minimum Gasteiger partial charge on any atom is -0.461 e. The van der Waals surface area contributed by atoms with Crippen LogP contribution in [0.3, 0.4) is 0 Å². The first kappa shape index (κ1) is 19.9. The molecule has 30 heavy (non-hydrogen) atoms. The van der Waals surface area contributed by atoms with Gasteiger partial charge in [-0.25, -0.2) is 4.79 Å². The van der Waals surface area contributed by atoms with Gasteiger partial charge >= 0.3 is 11.6 Å². The minimum absolute atomic E-state index is 0.0401. The summed E-state index contributed by atoms with van der Waals surface area (Å²) in [6.07, 6.45) is 0.941. The first-order valence-electron chi connectivity index (χ1n) is 10.0. The van der Waals surface area contributed by atoms with Crippen LogP contribution in [0.15, 0.2) is 57.7 Å². The number of ether oxygens (including phenoxy) is 1. The van der Waals surface area contributed by atoms with Crippen molar-refractivity contribution >= 4 is 28.5 Å². The molecule has 0 unspecified atom stereocenters. The van der Waals surface area contributed by atoms with E-state index in [0.717, 1.165) is 28.6 Å². The molecule has 1 aliphatic heterocycles. The summed E-state index contributed by atoms with van der Waals surface area (Å²) < 4.78 is 10.8. The lowest BCUT2D eigenvalue weighted by Gasteiger charge is -2.16. The molecule has 2 heterocycles. The van der Waals surface area contributed by atoms with E-state index in [1.165, 1.54) is 6.07 Å². The van der Waals surface area contributed by atoms with Gasteiger partial charge in [0.1, 0.15) is 12.2 Å². The molecule has 1 fully saturated rings. The molecule has 6 nitrogen and oxygen atoms in total. The van der Waals surface area contributed by atoms with Crippen LogP contribution in [0, 0.1) is 12.8 Å². The number of aryl methyl sites for hydroxylation is 2. The summed E-state index contributed by atoms with van der Waals surface area (Å²) in [5.74, 6) is -1.07. The number of hydrogen-bond acceptors (Lipinski definition) is 5. The monoisotopic (exact) mass is 405 g/mol. The van der Waals surface area contributed by atoms with Gasteiger partial charge in [0.25, 0.3) is 0 Å². The number of amides is 1. The third-order valence-corrected chi connectivity index (χ3v) is 5.48. The lowest BCUT2D eigenvalue weighted by Crippen LogP contribution is -2.26. The van der Waals surface area contributed by atoms with E-state index in [0.29, 0.717) is 11.1 Å². The summed E-state index contributed by atoms with van der Waals surface area (Å²) in [5, 5.41) is 0.739. The van der Waals surface area contributed by atoms with Crippen molar-refractivity contribution in [2.45, 2.75) is 33.3 Å². The number of anilines is 1.